The first-order chi connectivity index (χ1) is 12.5. The lowest BCUT2D eigenvalue weighted by molar-refractivity contribution is -0.142. The van der Waals surface area contributed by atoms with Gasteiger partial charge in [-0.2, -0.15) is 9.97 Å². The molecule has 1 fully saturated rings. The molecule has 3 heterocycles. The topological polar surface area (TPSA) is 111 Å². The van der Waals surface area contributed by atoms with Crippen molar-refractivity contribution in [2.24, 2.45) is 5.92 Å². The summed E-state index contributed by atoms with van der Waals surface area (Å²) in [5, 5.41) is 3.41. The third-order valence-corrected chi connectivity index (χ3v) is 4.74. The zero-order chi connectivity index (χ0) is 18.7. The number of nitrogen functional groups attached to an aromatic ring is 1. The van der Waals surface area contributed by atoms with Crippen LogP contribution < -0.4 is 11.1 Å². The van der Waals surface area contributed by atoms with Gasteiger partial charge in [-0.25, -0.2) is 4.98 Å². The number of likely N-dealkylation sites (N-methyl/N-ethyl adjacent to an activating group) is 1. The Bertz CT molecular complexity index is 822. The van der Waals surface area contributed by atoms with E-state index >= 15 is 0 Å². The number of nitrogens with zero attached hydrogens (tertiary/aromatic N) is 5. The van der Waals surface area contributed by atoms with Gasteiger partial charge in [-0.05, 0) is 19.4 Å². The van der Waals surface area contributed by atoms with Crippen molar-refractivity contribution < 1.29 is 9.53 Å². The Morgan fingerprint density at radius 3 is 3.08 bits per heavy atom. The van der Waals surface area contributed by atoms with Crippen molar-refractivity contribution in [3.05, 3.63) is 17.6 Å². The molecule has 10 heteroatoms. The second-order valence-corrected chi connectivity index (χ2v) is 6.61. The molecule has 0 radical (unpaired) electrons. The van der Waals surface area contributed by atoms with Crippen LogP contribution in [0, 0.1) is 5.92 Å². The quantitative estimate of drug-likeness (QED) is 0.555. The number of nitrogens with two attached hydrogens (primary N) is 1. The first kappa shape index (κ1) is 18.6. The second kappa shape index (κ2) is 7.98. The molecule has 0 aromatic carbocycles. The van der Waals surface area contributed by atoms with Crippen molar-refractivity contribution in [3.63, 3.8) is 0 Å². The Balaban J connectivity index is 1.75. The summed E-state index contributed by atoms with van der Waals surface area (Å²) in [7, 11) is 3.32. The molecule has 1 unspecified atom stereocenters. The van der Waals surface area contributed by atoms with Crippen molar-refractivity contribution in [1.29, 1.82) is 0 Å². The highest BCUT2D eigenvalue weighted by Gasteiger charge is 2.31. The maximum absolute atomic E-state index is 11.6. The molecule has 140 valence electrons. The van der Waals surface area contributed by atoms with E-state index in [-0.39, 0.29) is 23.1 Å². The van der Waals surface area contributed by atoms with Crippen LogP contribution in [-0.2, 0) is 9.53 Å². The first-order valence-corrected chi connectivity index (χ1v) is 8.69. The summed E-state index contributed by atoms with van der Waals surface area (Å²) >= 11 is 6.05. The smallest absolute Gasteiger partial charge is 0.319 e. The first-order valence-electron chi connectivity index (χ1n) is 8.31. The van der Waals surface area contributed by atoms with E-state index in [1.165, 1.54) is 7.11 Å². The number of aromatic nitrogens is 4. The molecule has 2 aromatic heterocycles. The van der Waals surface area contributed by atoms with Crippen LogP contribution in [0.15, 0.2) is 12.4 Å². The average molecular weight is 380 g/mol. The van der Waals surface area contributed by atoms with E-state index in [1.54, 1.807) is 10.9 Å². The summed E-state index contributed by atoms with van der Waals surface area (Å²) in [6, 6.07) is 0.278. The zero-order valence-electron chi connectivity index (χ0n) is 14.7. The van der Waals surface area contributed by atoms with Gasteiger partial charge in [0.05, 0.1) is 13.7 Å². The van der Waals surface area contributed by atoms with Crippen LogP contribution >= 0.6 is 11.6 Å². The minimum atomic E-state index is -0.224. The van der Waals surface area contributed by atoms with Crippen LogP contribution in [0.2, 0.25) is 5.15 Å². The summed E-state index contributed by atoms with van der Waals surface area (Å²) in [5.74, 6) is 0.181. The van der Waals surface area contributed by atoms with Crippen molar-refractivity contribution in [2.75, 3.05) is 39.5 Å². The molecule has 0 amide bonds. The highest BCUT2D eigenvalue weighted by molar-refractivity contribution is 6.33. The number of nitrogens with one attached hydrogen (secondary N) is 1. The molecule has 1 saturated heterocycles. The van der Waals surface area contributed by atoms with Crippen molar-refractivity contribution in [3.8, 4) is 0 Å². The molecule has 2 atom stereocenters. The van der Waals surface area contributed by atoms with Crippen LogP contribution in [-0.4, -0.2) is 70.2 Å². The van der Waals surface area contributed by atoms with E-state index in [9.17, 15) is 4.79 Å². The number of rotatable bonds is 6. The fraction of sp³-hybridized carbons (Fsp3) is 0.500. The van der Waals surface area contributed by atoms with E-state index in [1.807, 2.05) is 13.2 Å². The van der Waals surface area contributed by atoms with E-state index in [0.717, 1.165) is 19.5 Å². The summed E-state index contributed by atoms with van der Waals surface area (Å²) in [6.45, 7) is 1.89. The average Bonchev–Trinajstić information content (AvgIpc) is 3.17. The predicted octanol–water partition coefficient (Wildman–Crippen LogP) is 0.615. The fourth-order valence-corrected chi connectivity index (χ4v) is 3.48. The van der Waals surface area contributed by atoms with Gasteiger partial charge >= 0.3 is 5.97 Å². The number of likely N-dealkylation sites (tertiary alicyclic amines) is 1. The van der Waals surface area contributed by atoms with Crippen LogP contribution in [0.1, 0.15) is 6.42 Å². The van der Waals surface area contributed by atoms with E-state index in [4.69, 9.17) is 22.1 Å². The summed E-state index contributed by atoms with van der Waals surface area (Å²) in [4.78, 5) is 26.1. The van der Waals surface area contributed by atoms with Gasteiger partial charge in [0.1, 0.15) is 11.8 Å². The molecule has 3 N–H and O–H groups in total. The van der Waals surface area contributed by atoms with Crippen LogP contribution in [0.4, 0.5) is 5.95 Å². The molecule has 0 aliphatic carbocycles. The number of carbonyl (C=O) groups excluding carboxylic acids is 1. The van der Waals surface area contributed by atoms with Gasteiger partial charge < -0.3 is 15.8 Å². The van der Waals surface area contributed by atoms with Gasteiger partial charge in [0.2, 0.25) is 5.95 Å². The Morgan fingerprint density at radius 2 is 2.35 bits per heavy atom. The monoisotopic (exact) mass is 379 g/mol. The molecule has 0 saturated carbocycles. The third-order valence-electron chi connectivity index (χ3n) is 4.47. The molecule has 1 aliphatic rings. The SMILES string of the molecule is CNC[C@H]1CC(/C=C/n2cnc3c(Cl)nc(N)nc32)CN1CC(=O)OC. The Labute approximate surface area is 156 Å². The molecular weight excluding hydrogens is 358 g/mol. The number of anilines is 1. The number of carbonyl (C=O) groups is 1. The highest BCUT2D eigenvalue weighted by Crippen LogP contribution is 2.25. The Hall–Kier alpha value is -2.23. The number of hydrogen-bond donors (Lipinski definition) is 2. The number of halogens is 1. The molecule has 26 heavy (non-hydrogen) atoms. The normalized spacial score (nSPS) is 21.0. The number of fused-ring (bicyclic) bond motifs is 1. The largest absolute Gasteiger partial charge is 0.468 e. The van der Waals surface area contributed by atoms with E-state index < -0.39 is 0 Å². The maximum Gasteiger partial charge on any atom is 0.319 e. The van der Waals surface area contributed by atoms with Gasteiger partial charge in [0.15, 0.2) is 10.8 Å². The minimum absolute atomic E-state index is 0.108. The number of imidazole rings is 1. The summed E-state index contributed by atoms with van der Waals surface area (Å²) in [5.41, 5.74) is 6.75. The van der Waals surface area contributed by atoms with Crippen LogP contribution in [0.3, 0.4) is 0 Å². The van der Waals surface area contributed by atoms with Crippen LogP contribution in [0.5, 0.6) is 0 Å². The molecular formula is C16H22ClN7O2. The lowest BCUT2D eigenvalue weighted by Crippen LogP contribution is -2.40. The number of hydrogen-bond acceptors (Lipinski definition) is 8. The molecule has 0 spiro atoms. The van der Waals surface area contributed by atoms with Gasteiger partial charge in [-0.1, -0.05) is 17.7 Å². The molecule has 0 bridgehead atoms. The molecule has 1 aliphatic heterocycles. The fourth-order valence-electron chi connectivity index (χ4n) is 3.26. The lowest BCUT2D eigenvalue weighted by atomic mass is 10.1. The van der Waals surface area contributed by atoms with Gasteiger partial charge in [-0.3, -0.25) is 14.3 Å². The standard InChI is InChI=1S/C16H22ClN7O2/c1-19-6-11-5-10(7-24(11)8-12(25)26-2)3-4-23-9-20-13-14(17)21-16(18)22-15(13)23/h3-4,9-11,19H,5-8H2,1-2H3,(H2,18,21,22)/b4-3+/t10?,11-/m1/s1. The van der Waals surface area contributed by atoms with E-state index in [2.05, 4.69) is 31.2 Å². The third kappa shape index (κ3) is 3.95. The number of methoxy groups -OCH3 is 1. The lowest BCUT2D eigenvalue weighted by Gasteiger charge is -2.22. The molecule has 9 nitrogen and oxygen atoms in total. The number of esters is 1. The van der Waals surface area contributed by atoms with Crippen molar-refractivity contribution in [2.45, 2.75) is 12.5 Å². The maximum atomic E-state index is 11.6. The van der Waals surface area contributed by atoms with Gasteiger partial charge in [0.25, 0.3) is 0 Å². The highest BCUT2D eigenvalue weighted by atomic mass is 35.5. The van der Waals surface area contributed by atoms with Crippen molar-refractivity contribution in [1.82, 2.24) is 29.7 Å². The van der Waals surface area contributed by atoms with Gasteiger partial charge in [0, 0.05) is 25.3 Å². The van der Waals surface area contributed by atoms with E-state index in [0.29, 0.717) is 23.6 Å². The predicted molar refractivity (Wildman–Crippen MR) is 99.5 cm³/mol. The number of ether oxygens (including phenoxy) is 1. The molecule has 3 rings (SSSR count). The van der Waals surface area contributed by atoms with Crippen LogP contribution in [0.25, 0.3) is 17.4 Å². The van der Waals surface area contributed by atoms with Crippen molar-refractivity contribution >= 4 is 40.9 Å². The second-order valence-electron chi connectivity index (χ2n) is 6.25. The Morgan fingerprint density at radius 1 is 1.54 bits per heavy atom. The van der Waals surface area contributed by atoms with Gasteiger partial charge in [-0.15, -0.1) is 0 Å². The molecule has 2 aromatic rings. The summed E-state index contributed by atoms with van der Waals surface area (Å²) < 4.78 is 6.57. The zero-order valence-corrected chi connectivity index (χ0v) is 15.5. The summed E-state index contributed by atoms with van der Waals surface area (Å²) in [6.07, 6.45) is 6.57. The Kier molecular flexibility index (Phi) is 5.70. The minimum Gasteiger partial charge on any atom is -0.468 e.